The number of nitrogens with one attached hydrogen (secondary N) is 1. The molecule has 2 rings (SSSR count). The van der Waals surface area contributed by atoms with Gasteiger partial charge < -0.3 is 10.6 Å². The van der Waals surface area contributed by atoms with Crippen molar-refractivity contribution in [1.29, 1.82) is 0 Å². The second-order valence-electron chi connectivity index (χ2n) is 4.85. The standard InChI is InChI=1S/C13H20F2N4/c1-18-5-7-19(8-6-18)17-12(9-16)10-3-2-4-11(14)13(10)15/h2-4,12,17H,5-9,16H2,1H3. The third-order valence-corrected chi connectivity index (χ3v) is 3.43. The molecule has 1 atom stereocenters. The number of piperazine rings is 1. The summed E-state index contributed by atoms with van der Waals surface area (Å²) in [6, 6.07) is 3.78. The lowest BCUT2D eigenvalue weighted by molar-refractivity contribution is 0.0872. The molecule has 19 heavy (non-hydrogen) atoms. The number of hydrogen-bond acceptors (Lipinski definition) is 4. The van der Waals surface area contributed by atoms with E-state index in [1.54, 1.807) is 6.07 Å². The quantitative estimate of drug-likeness (QED) is 0.846. The van der Waals surface area contributed by atoms with Gasteiger partial charge in [0.15, 0.2) is 11.6 Å². The molecule has 0 aromatic heterocycles. The summed E-state index contributed by atoms with van der Waals surface area (Å²) < 4.78 is 27.0. The third kappa shape index (κ3) is 3.48. The van der Waals surface area contributed by atoms with Crippen molar-refractivity contribution in [3.8, 4) is 0 Å². The number of benzene rings is 1. The number of likely N-dealkylation sites (N-methyl/N-ethyl adjacent to an activating group) is 1. The molecule has 4 nitrogen and oxygen atoms in total. The normalized spacial score (nSPS) is 19.6. The van der Waals surface area contributed by atoms with Crippen LogP contribution in [0.3, 0.4) is 0 Å². The smallest absolute Gasteiger partial charge is 0.163 e. The van der Waals surface area contributed by atoms with Crippen molar-refractivity contribution >= 4 is 0 Å². The van der Waals surface area contributed by atoms with Gasteiger partial charge in [-0.05, 0) is 13.1 Å². The topological polar surface area (TPSA) is 44.5 Å². The van der Waals surface area contributed by atoms with E-state index in [1.165, 1.54) is 6.07 Å². The number of nitrogens with two attached hydrogens (primary N) is 1. The van der Waals surface area contributed by atoms with E-state index in [0.29, 0.717) is 0 Å². The lowest BCUT2D eigenvalue weighted by Gasteiger charge is -2.35. The average Bonchev–Trinajstić information content (AvgIpc) is 2.42. The number of rotatable bonds is 4. The molecule has 1 saturated heterocycles. The zero-order valence-corrected chi connectivity index (χ0v) is 11.1. The lowest BCUT2D eigenvalue weighted by Crippen LogP contribution is -2.52. The Morgan fingerprint density at radius 2 is 1.95 bits per heavy atom. The molecule has 3 N–H and O–H groups in total. The van der Waals surface area contributed by atoms with Crippen LogP contribution in [0.1, 0.15) is 11.6 Å². The molecule has 1 aliphatic rings. The predicted molar refractivity (Wildman–Crippen MR) is 70.4 cm³/mol. The van der Waals surface area contributed by atoms with Crippen LogP contribution in [0.5, 0.6) is 0 Å². The monoisotopic (exact) mass is 270 g/mol. The molecule has 0 bridgehead atoms. The fraction of sp³-hybridized carbons (Fsp3) is 0.538. The van der Waals surface area contributed by atoms with Crippen molar-refractivity contribution in [2.45, 2.75) is 6.04 Å². The molecule has 6 heteroatoms. The van der Waals surface area contributed by atoms with Crippen molar-refractivity contribution in [3.63, 3.8) is 0 Å². The SMILES string of the molecule is CN1CCN(NC(CN)c2cccc(F)c2F)CC1. The molecule has 0 radical (unpaired) electrons. The van der Waals surface area contributed by atoms with Gasteiger partial charge in [0.2, 0.25) is 0 Å². The van der Waals surface area contributed by atoms with Gasteiger partial charge in [-0.1, -0.05) is 12.1 Å². The fourth-order valence-electron chi connectivity index (χ4n) is 2.19. The Bertz CT molecular complexity index is 419. The van der Waals surface area contributed by atoms with Gasteiger partial charge in [0, 0.05) is 38.3 Å². The summed E-state index contributed by atoms with van der Waals surface area (Å²) in [5.74, 6) is -1.66. The van der Waals surface area contributed by atoms with Crippen LogP contribution in [0.25, 0.3) is 0 Å². The highest BCUT2D eigenvalue weighted by Crippen LogP contribution is 2.19. The minimum absolute atomic E-state index is 0.215. The summed E-state index contributed by atoms with van der Waals surface area (Å²) in [5, 5.41) is 2.02. The van der Waals surface area contributed by atoms with Crippen LogP contribution in [0.15, 0.2) is 18.2 Å². The summed E-state index contributed by atoms with van der Waals surface area (Å²) in [6.45, 7) is 3.77. The molecule has 1 fully saturated rings. The van der Waals surface area contributed by atoms with Crippen LogP contribution in [0.2, 0.25) is 0 Å². The van der Waals surface area contributed by atoms with E-state index in [1.807, 2.05) is 5.01 Å². The van der Waals surface area contributed by atoms with Gasteiger partial charge in [-0.2, -0.15) is 0 Å². The number of hydrazine groups is 1. The molecule has 1 heterocycles. The average molecular weight is 270 g/mol. The van der Waals surface area contributed by atoms with E-state index in [9.17, 15) is 8.78 Å². The minimum Gasteiger partial charge on any atom is -0.329 e. The molecule has 1 unspecified atom stereocenters. The molecule has 1 aliphatic heterocycles. The maximum Gasteiger partial charge on any atom is 0.163 e. The first-order valence-corrected chi connectivity index (χ1v) is 6.45. The molecular weight excluding hydrogens is 250 g/mol. The van der Waals surface area contributed by atoms with Crippen LogP contribution in [-0.4, -0.2) is 49.7 Å². The van der Waals surface area contributed by atoms with Gasteiger partial charge in [-0.25, -0.2) is 19.2 Å². The van der Waals surface area contributed by atoms with Crippen molar-refractivity contribution in [2.75, 3.05) is 39.8 Å². The largest absolute Gasteiger partial charge is 0.329 e. The van der Waals surface area contributed by atoms with Gasteiger partial charge in [0.25, 0.3) is 0 Å². The highest BCUT2D eigenvalue weighted by molar-refractivity contribution is 5.22. The lowest BCUT2D eigenvalue weighted by atomic mass is 10.1. The van der Waals surface area contributed by atoms with Crippen LogP contribution in [0, 0.1) is 11.6 Å². The summed E-state index contributed by atoms with van der Waals surface area (Å²) >= 11 is 0. The second kappa shape index (κ2) is 6.38. The summed E-state index contributed by atoms with van der Waals surface area (Å²) in [6.07, 6.45) is 0. The number of hydrogen-bond donors (Lipinski definition) is 2. The molecule has 106 valence electrons. The number of halogens is 2. The highest BCUT2D eigenvalue weighted by atomic mass is 19.2. The molecule has 0 spiro atoms. The number of nitrogens with zero attached hydrogens (tertiary/aromatic N) is 2. The van der Waals surface area contributed by atoms with Crippen molar-refractivity contribution < 1.29 is 8.78 Å². The molecule has 0 saturated carbocycles. The zero-order chi connectivity index (χ0) is 13.8. The maximum atomic E-state index is 13.8. The molecule has 0 amide bonds. The van der Waals surface area contributed by atoms with E-state index in [-0.39, 0.29) is 12.1 Å². The van der Waals surface area contributed by atoms with E-state index in [4.69, 9.17) is 5.73 Å². The Labute approximate surface area is 112 Å². The Morgan fingerprint density at radius 1 is 1.26 bits per heavy atom. The van der Waals surface area contributed by atoms with Crippen LogP contribution in [-0.2, 0) is 0 Å². The molecule has 1 aromatic rings. The first-order chi connectivity index (χ1) is 9.11. The molecule has 1 aromatic carbocycles. The van der Waals surface area contributed by atoms with Crippen LogP contribution < -0.4 is 11.2 Å². The highest BCUT2D eigenvalue weighted by Gasteiger charge is 2.21. The first-order valence-electron chi connectivity index (χ1n) is 6.45. The molecule has 0 aliphatic carbocycles. The summed E-state index contributed by atoms with van der Waals surface area (Å²) in [7, 11) is 2.06. The predicted octanol–water partition coefficient (Wildman–Crippen LogP) is 0.717. The van der Waals surface area contributed by atoms with Crippen LogP contribution in [0.4, 0.5) is 8.78 Å². The molecular formula is C13H20F2N4. The van der Waals surface area contributed by atoms with E-state index in [2.05, 4.69) is 17.4 Å². The van der Waals surface area contributed by atoms with Gasteiger partial charge in [0.1, 0.15) is 0 Å². The maximum absolute atomic E-state index is 13.8. The van der Waals surface area contributed by atoms with Gasteiger partial charge in [-0.15, -0.1) is 0 Å². The Morgan fingerprint density at radius 3 is 2.58 bits per heavy atom. The van der Waals surface area contributed by atoms with Crippen molar-refractivity contribution in [2.24, 2.45) is 5.73 Å². The Balaban J connectivity index is 2.05. The van der Waals surface area contributed by atoms with Gasteiger partial charge >= 0.3 is 0 Å². The Hall–Kier alpha value is -1.08. The van der Waals surface area contributed by atoms with Crippen molar-refractivity contribution in [1.82, 2.24) is 15.3 Å². The van der Waals surface area contributed by atoms with Crippen molar-refractivity contribution in [3.05, 3.63) is 35.4 Å². The van der Waals surface area contributed by atoms with E-state index >= 15 is 0 Å². The van der Waals surface area contributed by atoms with Gasteiger partial charge in [0.05, 0.1) is 6.04 Å². The van der Waals surface area contributed by atoms with E-state index < -0.39 is 17.7 Å². The minimum atomic E-state index is -0.837. The second-order valence-corrected chi connectivity index (χ2v) is 4.85. The first kappa shape index (κ1) is 14.3. The van der Waals surface area contributed by atoms with Gasteiger partial charge in [-0.3, -0.25) is 0 Å². The zero-order valence-electron chi connectivity index (χ0n) is 11.1. The third-order valence-electron chi connectivity index (χ3n) is 3.43. The summed E-state index contributed by atoms with van der Waals surface area (Å²) in [4.78, 5) is 2.22. The van der Waals surface area contributed by atoms with E-state index in [0.717, 1.165) is 32.2 Å². The summed E-state index contributed by atoms with van der Waals surface area (Å²) in [5.41, 5.74) is 9.14. The van der Waals surface area contributed by atoms with Crippen LogP contribution >= 0.6 is 0 Å². The fourth-order valence-corrected chi connectivity index (χ4v) is 2.19. The Kier molecular flexibility index (Phi) is 4.81.